The number of ether oxygens (including phenoxy) is 1. The number of carbonyl (C=O) groups is 2. The Bertz CT molecular complexity index is 1400. The number of pyridine rings is 1. The predicted molar refractivity (Wildman–Crippen MR) is 142 cm³/mol. The van der Waals surface area contributed by atoms with Gasteiger partial charge in [-0.2, -0.15) is 0 Å². The molecule has 0 spiro atoms. The molecular weight excluding hydrogens is 478 g/mol. The van der Waals surface area contributed by atoms with E-state index >= 15 is 0 Å². The Morgan fingerprint density at radius 1 is 1.00 bits per heavy atom. The van der Waals surface area contributed by atoms with Crippen LogP contribution in [-0.2, 0) is 16.0 Å². The minimum atomic E-state index is -1.000. The Kier molecular flexibility index (Phi) is 8.02. The summed E-state index contributed by atoms with van der Waals surface area (Å²) in [5.74, 6) is -1.02. The Morgan fingerprint density at radius 2 is 1.69 bits per heavy atom. The molecule has 0 aliphatic rings. The molecule has 0 aliphatic carbocycles. The van der Waals surface area contributed by atoms with Gasteiger partial charge in [0.2, 0.25) is 5.56 Å². The Morgan fingerprint density at radius 3 is 2.44 bits per heavy atom. The highest BCUT2D eigenvalue weighted by atomic mass is 35.5. The van der Waals surface area contributed by atoms with Gasteiger partial charge < -0.3 is 19.9 Å². The average Bonchev–Trinajstić information content (AvgIpc) is 2.88. The van der Waals surface area contributed by atoms with Crippen LogP contribution in [0.2, 0.25) is 5.02 Å². The fourth-order valence-electron chi connectivity index (χ4n) is 3.90. The summed E-state index contributed by atoms with van der Waals surface area (Å²) in [4.78, 5) is 43.1. The van der Waals surface area contributed by atoms with Crippen molar-refractivity contribution < 1.29 is 14.3 Å². The molecule has 1 heterocycles. The molecule has 3 aromatic carbocycles. The number of nitrogens with zero attached hydrogens (tertiary/aromatic N) is 1. The number of hydrogen-bond donors (Lipinski definition) is 2. The quantitative estimate of drug-likeness (QED) is 0.334. The topological polar surface area (TPSA) is 91.5 Å². The minimum absolute atomic E-state index is 0.0944. The van der Waals surface area contributed by atoms with Crippen LogP contribution in [0.25, 0.3) is 10.9 Å². The average molecular weight is 504 g/mol. The number of carbonyl (C=O) groups excluding carboxylic acids is 2. The highest BCUT2D eigenvalue weighted by molar-refractivity contribution is 6.30. The van der Waals surface area contributed by atoms with E-state index in [0.717, 1.165) is 11.1 Å². The molecule has 2 N–H and O–H groups in total. The van der Waals surface area contributed by atoms with Gasteiger partial charge in [-0.3, -0.25) is 9.59 Å². The number of benzene rings is 3. The highest BCUT2D eigenvalue weighted by Gasteiger charge is 2.25. The number of para-hydroxylation sites is 2. The van der Waals surface area contributed by atoms with Gasteiger partial charge >= 0.3 is 5.97 Å². The first kappa shape index (κ1) is 25.0. The maximum absolute atomic E-state index is 13.1. The van der Waals surface area contributed by atoms with E-state index in [1.807, 2.05) is 60.5 Å². The number of hydrogen-bond acceptors (Lipinski definition) is 5. The maximum atomic E-state index is 13.1. The summed E-state index contributed by atoms with van der Waals surface area (Å²) >= 11 is 5.93. The van der Waals surface area contributed by atoms with Gasteiger partial charge in [0.15, 0.2) is 0 Å². The van der Waals surface area contributed by atoms with Crippen molar-refractivity contribution in [3.05, 3.63) is 111 Å². The van der Waals surface area contributed by atoms with Crippen molar-refractivity contribution in [1.82, 2.24) is 10.3 Å². The first-order valence-electron chi connectivity index (χ1n) is 11.5. The summed E-state index contributed by atoms with van der Waals surface area (Å²) in [6, 6.07) is 23.9. The molecule has 0 bridgehead atoms. The highest BCUT2D eigenvalue weighted by Crippen LogP contribution is 2.17. The second kappa shape index (κ2) is 11.6. The Hall–Kier alpha value is -4.10. The number of esters is 1. The van der Waals surface area contributed by atoms with Gasteiger partial charge in [-0.1, -0.05) is 48.0 Å². The molecule has 1 aromatic heterocycles. The van der Waals surface area contributed by atoms with Gasteiger partial charge in [0.1, 0.15) is 12.6 Å². The van der Waals surface area contributed by atoms with Gasteiger partial charge in [-0.15, -0.1) is 0 Å². The van der Waals surface area contributed by atoms with E-state index in [0.29, 0.717) is 28.2 Å². The van der Waals surface area contributed by atoms with E-state index in [4.69, 9.17) is 16.3 Å². The van der Waals surface area contributed by atoms with Crippen molar-refractivity contribution in [2.45, 2.75) is 12.5 Å². The summed E-state index contributed by atoms with van der Waals surface area (Å²) in [5, 5.41) is 4.06. The van der Waals surface area contributed by atoms with Gasteiger partial charge in [-0.25, -0.2) is 4.79 Å². The largest absolute Gasteiger partial charge is 0.462 e. The van der Waals surface area contributed by atoms with E-state index in [1.165, 1.54) is 6.07 Å². The maximum Gasteiger partial charge on any atom is 0.329 e. The third-order valence-electron chi connectivity index (χ3n) is 5.82. The van der Waals surface area contributed by atoms with Crippen LogP contribution in [0.15, 0.2) is 89.7 Å². The van der Waals surface area contributed by atoms with Crippen LogP contribution in [0.1, 0.15) is 15.9 Å². The zero-order valence-corrected chi connectivity index (χ0v) is 20.5. The molecule has 0 saturated carbocycles. The van der Waals surface area contributed by atoms with E-state index in [9.17, 15) is 14.4 Å². The Balaban J connectivity index is 1.52. The molecule has 4 rings (SSSR count). The summed E-state index contributed by atoms with van der Waals surface area (Å²) in [6.07, 6.45) is 0.0944. The second-order valence-electron chi connectivity index (χ2n) is 8.37. The molecule has 36 heavy (non-hydrogen) atoms. The van der Waals surface area contributed by atoms with Crippen LogP contribution in [0.5, 0.6) is 0 Å². The predicted octanol–water partition coefficient (Wildman–Crippen LogP) is 4.20. The van der Waals surface area contributed by atoms with Crippen molar-refractivity contribution in [2.24, 2.45) is 0 Å². The molecule has 0 aliphatic heterocycles. The third kappa shape index (κ3) is 6.31. The number of aromatic nitrogens is 1. The number of halogens is 1. The van der Waals surface area contributed by atoms with Gasteiger partial charge in [0.25, 0.3) is 5.91 Å². The Labute approximate surface area is 213 Å². The summed E-state index contributed by atoms with van der Waals surface area (Å²) in [6.45, 7) is 0.606. The number of fused-ring (bicyclic) bond motifs is 1. The number of aromatic amines is 1. The van der Waals surface area contributed by atoms with Gasteiger partial charge in [0.05, 0.1) is 6.54 Å². The number of H-pyrrole nitrogens is 1. The number of rotatable bonds is 9. The molecule has 0 radical (unpaired) electrons. The lowest BCUT2D eigenvalue weighted by atomic mass is 10.0. The first-order chi connectivity index (χ1) is 17.4. The number of amides is 1. The lowest BCUT2D eigenvalue weighted by Gasteiger charge is -2.21. The molecule has 1 amide bonds. The van der Waals surface area contributed by atoms with E-state index in [1.54, 1.807) is 30.3 Å². The van der Waals surface area contributed by atoms with Crippen molar-refractivity contribution >= 4 is 40.1 Å². The summed E-state index contributed by atoms with van der Waals surface area (Å²) < 4.78 is 5.56. The summed E-state index contributed by atoms with van der Waals surface area (Å²) in [5.41, 5.74) is 2.35. The lowest BCUT2D eigenvalue weighted by molar-refractivity contribution is -0.145. The smallest absolute Gasteiger partial charge is 0.329 e. The third-order valence-corrected chi connectivity index (χ3v) is 6.08. The van der Waals surface area contributed by atoms with Crippen LogP contribution in [0, 0.1) is 0 Å². The second-order valence-corrected chi connectivity index (χ2v) is 8.80. The van der Waals surface area contributed by atoms with Crippen LogP contribution in [-0.4, -0.2) is 43.1 Å². The molecule has 0 fully saturated rings. The molecule has 1 unspecified atom stereocenters. The van der Waals surface area contributed by atoms with E-state index in [-0.39, 0.29) is 18.6 Å². The number of anilines is 1. The van der Waals surface area contributed by atoms with Gasteiger partial charge in [0, 0.05) is 46.7 Å². The molecule has 1 atom stereocenters. The molecule has 4 aromatic rings. The van der Waals surface area contributed by atoms with E-state index in [2.05, 4.69) is 10.3 Å². The van der Waals surface area contributed by atoms with Crippen molar-refractivity contribution in [3.8, 4) is 0 Å². The number of likely N-dealkylation sites (N-methyl/N-ethyl adjacent to an activating group) is 1. The monoisotopic (exact) mass is 503 g/mol. The van der Waals surface area contributed by atoms with E-state index < -0.39 is 17.9 Å². The van der Waals surface area contributed by atoms with Crippen LogP contribution in [0.3, 0.4) is 0 Å². The summed E-state index contributed by atoms with van der Waals surface area (Å²) in [7, 11) is 1.91. The fourth-order valence-corrected chi connectivity index (χ4v) is 4.02. The molecule has 8 heteroatoms. The van der Waals surface area contributed by atoms with Crippen molar-refractivity contribution in [2.75, 3.05) is 25.1 Å². The zero-order valence-electron chi connectivity index (χ0n) is 19.7. The SMILES string of the molecule is CN(CCOC(=O)C(Cc1cc(=O)[nH]c2ccccc12)NC(=O)c1ccc(Cl)cc1)c1ccccc1. The van der Waals surface area contributed by atoms with Crippen LogP contribution in [0.4, 0.5) is 5.69 Å². The zero-order chi connectivity index (χ0) is 25.5. The molecular formula is C28H26ClN3O4. The molecule has 7 nitrogen and oxygen atoms in total. The lowest BCUT2D eigenvalue weighted by Crippen LogP contribution is -2.44. The van der Waals surface area contributed by atoms with Crippen molar-refractivity contribution in [1.29, 1.82) is 0 Å². The molecule has 0 saturated heterocycles. The first-order valence-corrected chi connectivity index (χ1v) is 11.9. The van der Waals surface area contributed by atoms with Crippen molar-refractivity contribution in [3.63, 3.8) is 0 Å². The minimum Gasteiger partial charge on any atom is -0.462 e. The van der Waals surface area contributed by atoms with Crippen LogP contribution >= 0.6 is 11.6 Å². The fraction of sp³-hybridized carbons (Fsp3) is 0.179. The van der Waals surface area contributed by atoms with Crippen LogP contribution < -0.4 is 15.8 Å². The normalized spacial score (nSPS) is 11.6. The standard InChI is InChI=1S/C28H26ClN3O4/c1-32(22-7-3-2-4-8-22)15-16-36-28(35)25(31-27(34)19-11-13-21(29)14-12-19)17-20-18-26(33)30-24-10-6-5-9-23(20)24/h2-14,18,25H,15-17H2,1H3,(H,30,33)(H,31,34). The molecule has 184 valence electrons. The van der Waals surface area contributed by atoms with Gasteiger partial charge in [-0.05, 0) is 48.0 Å². The number of nitrogens with one attached hydrogen (secondary N) is 2.